The topological polar surface area (TPSA) is 121 Å². The summed E-state index contributed by atoms with van der Waals surface area (Å²) in [6.45, 7) is 5.56. The van der Waals surface area contributed by atoms with Crippen molar-refractivity contribution in [2.45, 2.75) is 58.2 Å². The van der Waals surface area contributed by atoms with E-state index in [1.807, 2.05) is 42.9 Å². The number of benzene rings is 1. The van der Waals surface area contributed by atoms with Crippen molar-refractivity contribution in [2.24, 2.45) is 7.05 Å². The van der Waals surface area contributed by atoms with Crippen molar-refractivity contribution in [3.63, 3.8) is 0 Å². The highest BCUT2D eigenvalue weighted by molar-refractivity contribution is 6.13. The minimum atomic E-state index is -0.274. The largest absolute Gasteiger partial charge is 0.371 e. The van der Waals surface area contributed by atoms with Crippen molar-refractivity contribution < 1.29 is 9.59 Å². The molecule has 1 aromatic carbocycles. The predicted octanol–water partition coefficient (Wildman–Crippen LogP) is 2.53. The number of carbonyl (C=O) groups excluding carboxylic acids is 2. The van der Waals surface area contributed by atoms with E-state index in [0.717, 1.165) is 48.7 Å². The van der Waals surface area contributed by atoms with Crippen LogP contribution in [0.5, 0.6) is 0 Å². The molecule has 1 aliphatic carbocycles. The van der Waals surface area contributed by atoms with Gasteiger partial charge in [0.2, 0.25) is 5.91 Å². The number of piperidine rings is 1. The van der Waals surface area contributed by atoms with Gasteiger partial charge in [-0.2, -0.15) is 5.10 Å². The molecule has 1 aliphatic heterocycles. The maximum atomic E-state index is 13.4. The Bertz CT molecular complexity index is 1530. The lowest BCUT2D eigenvalue weighted by atomic mass is 10.0. The maximum absolute atomic E-state index is 13.4. The lowest BCUT2D eigenvalue weighted by Crippen LogP contribution is -2.43. The van der Waals surface area contributed by atoms with E-state index in [9.17, 15) is 9.59 Å². The number of fused-ring (bicyclic) bond motifs is 2. The van der Waals surface area contributed by atoms with Crippen LogP contribution >= 0.6 is 0 Å². The third kappa shape index (κ3) is 4.93. The van der Waals surface area contributed by atoms with Crippen LogP contribution in [0.15, 0.2) is 30.7 Å². The second kappa shape index (κ2) is 9.71. The zero-order valence-corrected chi connectivity index (χ0v) is 22.0. The minimum absolute atomic E-state index is 0.145. The first kappa shape index (κ1) is 24.4. The molecule has 4 aromatic rings. The van der Waals surface area contributed by atoms with Gasteiger partial charge in [-0.05, 0) is 44.7 Å². The quantitative estimate of drug-likeness (QED) is 0.346. The standard InChI is InChI=1S/C27H33N9O2/c1-16-13-36-15-24(31-26(36)22(29-16)12-28-17(2)37)32-27(38)20-6-7-23(21-14-34(3)33-25(20)21)35-10-8-19(9-11-35)30-18-4-5-18/h6-7,13-15,18-19,30H,4-5,8-12H2,1-3H3,(H,28,37)(H,32,38). The predicted molar refractivity (Wildman–Crippen MR) is 145 cm³/mol. The smallest absolute Gasteiger partial charge is 0.259 e. The van der Waals surface area contributed by atoms with Crippen molar-refractivity contribution >= 4 is 39.9 Å². The molecule has 2 aliphatic rings. The van der Waals surface area contributed by atoms with Crippen LogP contribution in [0, 0.1) is 6.92 Å². The van der Waals surface area contributed by atoms with Gasteiger partial charge in [-0.15, -0.1) is 0 Å². The van der Waals surface area contributed by atoms with Crippen LogP contribution in [-0.2, 0) is 18.4 Å². The van der Waals surface area contributed by atoms with E-state index in [2.05, 4.69) is 35.9 Å². The number of carbonyl (C=O) groups is 2. The summed E-state index contributed by atoms with van der Waals surface area (Å²) in [6.07, 6.45) is 10.4. The second-order valence-corrected chi connectivity index (χ2v) is 10.4. The molecule has 0 bridgehead atoms. The summed E-state index contributed by atoms with van der Waals surface area (Å²) in [6, 6.07) is 5.22. The highest BCUT2D eigenvalue weighted by Gasteiger charge is 2.28. The molecule has 38 heavy (non-hydrogen) atoms. The van der Waals surface area contributed by atoms with Crippen molar-refractivity contribution in [1.82, 2.24) is 34.8 Å². The van der Waals surface area contributed by atoms with Crippen LogP contribution in [0.3, 0.4) is 0 Å². The van der Waals surface area contributed by atoms with Gasteiger partial charge >= 0.3 is 0 Å². The fourth-order valence-electron chi connectivity index (χ4n) is 5.30. The number of imidazole rings is 1. The summed E-state index contributed by atoms with van der Waals surface area (Å²) in [5, 5.41) is 15.1. The summed E-state index contributed by atoms with van der Waals surface area (Å²) < 4.78 is 3.58. The zero-order chi connectivity index (χ0) is 26.4. The summed E-state index contributed by atoms with van der Waals surface area (Å²) in [5.74, 6) is -0.0115. The normalized spacial score (nSPS) is 16.3. The van der Waals surface area contributed by atoms with Crippen LogP contribution < -0.4 is 20.9 Å². The van der Waals surface area contributed by atoms with E-state index in [-0.39, 0.29) is 18.4 Å². The Morgan fingerprint density at radius 3 is 2.53 bits per heavy atom. The molecule has 2 fully saturated rings. The molecule has 4 heterocycles. The van der Waals surface area contributed by atoms with E-state index < -0.39 is 0 Å². The van der Waals surface area contributed by atoms with E-state index >= 15 is 0 Å². The van der Waals surface area contributed by atoms with Gasteiger partial charge in [0, 0.05) is 62.6 Å². The number of nitrogens with one attached hydrogen (secondary N) is 3. The molecule has 0 radical (unpaired) electrons. The number of anilines is 2. The fourth-order valence-corrected chi connectivity index (χ4v) is 5.30. The monoisotopic (exact) mass is 515 g/mol. The molecule has 1 saturated heterocycles. The Balaban J connectivity index is 1.24. The molecule has 11 heteroatoms. The molecular formula is C27H33N9O2. The summed E-state index contributed by atoms with van der Waals surface area (Å²) in [4.78, 5) is 36.3. The van der Waals surface area contributed by atoms with Crippen LogP contribution in [-0.4, -0.2) is 61.1 Å². The van der Waals surface area contributed by atoms with Crippen LogP contribution in [0.4, 0.5) is 11.5 Å². The van der Waals surface area contributed by atoms with Crippen molar-refractivity contribution in [3.8, 4) is 0 Å². The van der Waals surface area contributed by atoms with Gasteiger partial charge in [0.25, 0.3) is 5.91 Å². The first-order chi connectivity index (χ1) is 18.3. The van der Waals surface area contributed by atoms with Gasteiger partial charge in [-0.3, -0.25) is 19.3 Å². The molecule has 0 atom stereocenters. The molecule has 0 unspecified atom stereocenters. The van der Waals surface area contributed by atoms with E-state index in [1.54, 1.807) is 10.9 Å². The summed E-state index contributed by atoms with van der Waals surface area (Å²) in [7, 11) is 1.88. The Labute approximate surface area is 220 Å². The van der Waals surface area contributed by atoms with Crippen LogP contribution in [0.2, 0.25) is 0 Å². The van der Waals surface area contributed by atoms with E-state index in [1.165, 1.54) is 19.8 Å². The Hall–Kier alpha value is -3.99. The van der Waals surface area contributed by atoms with Gasteiger partial charge in [0.05, 0.1) is 24.0 Å². The molecule has 3 aromatic heterocycles. The molecular weight excluding hydrogens is 482 g/mol. The Kier molecular flexibility index (Phi) is 6.22. The Morgan fingerprint density at radius 1 is 1.03 bits per heavy atom. The van der Waals surface area contributed by atoms with Gasteiger partial charge in [0.15, 0.2) is 11.5 Å². The third-order valence-electron chi connectivity index (χ3n) is 7.27. The van der Waals surface area contributed by atoms with Gasteiger partial charge in [-0.25, -0.2) is 4.98 Å². The lowest BCUT2D eigenvalue weighted by Gasteiger charge is -2.34. The summed E-state index contributed by atoms with van der Waals surface area (Å²) >= 11 is 0. The van der Waals surface area contributed by atoms with Gasteiger partial charge in [0.1, 0.15) is 11.2 Å². The first-order valence-corrected chi connectivity index (χ1v) is 13.2. The third-order valence-corrected chi connectivity index (χ3v) is 7.27. The van der Waals surface area contributed by atoms with Gasteiger partial charge < -0.3 is 25.3 Å². The minimum Gasteiger partial charge on any atom is -0.371 e. The lowest BCUT2D eigenvalue weighted by molar-refractivity contribution is -0.119. The highest BCUT2D eigenvalue weighted by atomic mass is 16.2. The molecule has 1 saturated carbocycles. The molecule has 6 rings (SSSR count). The number of rotatable bonds is 7. The van der Waals surface area contributed by atoms with E-state index in [0.29, 0.717) is 34.3 Å². The molecule has 2 amide bonds. The zero-order valence-electron chi connectivity index (χ0n) is 22.0. The van der Waals surface area contributed by atoms with Crippen molar-refractivity contribution in [1.29, 1.82) is 0 Å². The summed E-state index contributed by atoms with van der Waals surface area (Å²) in [5.41, 5.74) is 4.29. The molecule has 11 nitrogen and oxygen atoms in total. The number of hydrogen-bond donors (Lipinski definition) is 3. The van der Waals surface area contributed by atoms with Crippen LogP contribution in [0.1, 0.15) is 54.4 Å². The second-order valence-electron chi connectivity index (χ2n) is 10.4. The van der Waals surface area contributed by atoms with Gasteiger partial charge in [-0.1, -0.05) is 0 Å². The van der Waals surface area contributed by atoms with Crippen molar-refractivity contribution in [2.75, 3.05) is 23.3 Å². The molecule has 0 spiro atoms. The SMILES string of the molecule is CC(=O)NCc1nc(C)cn2cc(NC(=O)c3ccc(N4CCC(NC5CC5)CC4)c4cn(C)nc34)nc12. The number of nitrogens with zero attached hydrogens (tertiary/aromatic N) is 6. The van der Waals surface area contributed by atoms with E-state index in [4.69, 9.17) is 0 Å². The van der Waals surface area contributed by atoms with Crippen molar-refractivity contribution in [3.05, 3.63) is 47.7 Å². The average Bonchev–Trinajstić information content (AvgIpc) is 3.46. The number of aryl methyl sites for hydroxylation is 2. The molecule has 198 valence electrons. The van der Waals surface area contributed by atoms with Crippen LogP contribution in [0.25, 0.3) is 16.6 Å². The highest BCUT2D eigenvalue weighted by Crippen LogP contribution is 2.32. The number of hydrogen-bond acceptors (Lipinski definition) is 7. The Morgan fingerprint density at radius 2 is 1.79 bits per heavy atom. The fraction of sp³-hybridized carbons (Fsp3) is 0.444. The average molecular weight is 516 g/mol. The number of aromatic nitrogens is 5. The maximum Gasteiger partial charge on any atom is 0.259 e. The molecule has 3 N–H and O–H groups in total. The number of amides is 2. The first-order valence-electron chi connectivity index (χ1n) is 13.2.